The van der Waals surface area contributed by atoms with Crippen LogP contribution in [0.3, 0.4) is 0 Å². The van der Waals surface area contributed by atoms with Gasteiger partial charge in [0.1, 0.15) is 0 Å². The highest BCUT2D eigenvalue weighted by Gasteiger charge is 2.15. The van der Waals surface area contributed by atoms with E-state index in [0.29, 0.717) is 0 Å². The highest BCUT2D eigenvalue weighted by molar-refractivity contribution is 7.89. The fourth-order valence-corrected chi connectivity index (χ4v) is 2.39. The normalized spacial score (nSPS) is 13.7. The Balaban J connectivity index is 2.87. The van der Waals surface area contributed by atoms with Crippen LogP contribution in [0.4, 0.5) is 0 Å². The van der Waals surface area contributed by atoms with Gasteiger partial charge in [-0.25, -0.2) is 13.1 Å². The first-order valence-electron chi connectivity index (χ1n) is 5.55. The van der Waals surface area contributed by atoms with Crippen LogP contribution in [-0.4, -0.2) is 14.2 Å². The van der Waals surface area contributed by atoms with E-state index < -0.39 is 10.0 Å². The molecular weight excluding hydrogens is 222 g/mol. The molecule has 1 aromatic rings. The molecule has 0 amide bonds. The second kappa shape index (κ2) is 5.46. The molecule has 0 aliphatic rings. The molecule has 0 spiro atoms. The Morgan fingerprint density at radius 2 is 1.75 bits per heavy atom. The average molecular weight is 241 g/mol. The smallest absolute Gasteiger partial charge is 0.211 e. The van der Waals surface area contributed by atoms with E-state index in [1.165, 1.54) is 5.56 Å². The zero-order chi connectivity index (χ0) is 12.2. The van der Waals surface area contributed by atoms with Crippen molar-refractivity contribution in [3.8, 4) is 0 Å². The molecule has 1 atom stereocenters. The van der Waals surface area contributed by atoms with Crippen LogP contribution in [0, 0.1) is 6.92 Å². The standard InChI is InChI=1S/C12H19NO2S/c1-4-12(13-16(14,15)5-2)11-8-6-10(3)7-9-11/h6-9,12-13H,4-5H2,1-3H3. The minimum atomic E-state index is -3.14. The fraction of sp³-hybridized carbons (Fsp3) is 0.500. The van der Waals surface area contributed by atoms with Gasteiger partial charge < -0.3 is 0 Å². The van der Waals surface area contributed by atoms with Crippen LogP contribution in [-0.2, 0) is 10.0 Å². The number of aryl methyl sites for hydroxylation is 1. The first-order chi connectivity index (χ1) is 7.48. The van der Waals surface area contributed by atoms with Crippen molar-refractivity contribution < 1.29 is 8.42 Å². The first-order valence-corrected chi connectivity index (χ1v) is 7.20. The summed E-state index contributed by atoms with van der Waals surface area (Å²) in [4.78, 5) is 0. The molecule has 4 heteroatoms. The van der Waals surface area contributed by atoms with Crippen molar-refractivity contribution in [3.63, 3.8) is 0 Å². The lowest BCUT2D eigenvalue weighted by Gasteiger charge is -2.17. The van der Waals surface area contributed by atoms with Crippen molar-refractivity contribution >= 4 is 10.0 Å². The van der Waals surface area contributed by atoms with Gasteiger partial charge in [0.2, 0.25) is 10.0 Å². The van der Waals surface area contributed by atoms with Gasteiger partial charge in [-0.3, -0.25) is 0 Å². The molecule has 16 heavy (non-hydrogen) atoms. The van der Waals surface area contributed by atoms with Crippen molar-refractivity contribution in [1.82, 2.24) is 4.72 Å². The number of hydrogen-bond acceptors (Lipinski definition) is 2. The summed E-state index contributed by atoms with van der Waals surface area (Å²) in [6, 6.07) is 7.82. The van der Waals surface area contributed by atoms with Crippen molar-refractivity contribution in [1.29, 1.82) is 0 Å². The number of sulfonamides is 1. The van der Waals surface area contributed by atoms with Crippen LogP contribution >= 0.6 is 0 Å². The average Bonchev–Trinajstić information content (AvgIpc) is 2.27. The Bertz CT molecular complexity index is 423. The van der Waals surface area contributed by atoms with Crippen molar-refractivity contribution in [2.24, 2.45) is 0 Å². The van der Waals surface area contributed by atoms with E-state index >= 15 is 0 Å². The van der Waals surface area contributed by atoms with Gasteiger partial charge in [-0.1, -0.05) is 36.8 Å². The highest BCUT2D eigenvalue weighted by Crippen LogP contribution is 2.18. The van der Waals surface area contributed by atoms with Gasteiger partial charge in [-0.15, -0.1) is 0 Å². The van der Waals surface area contributed by atoms with Gasteiger partial charge in [-0.2, -0.15) is 0 Å². The molecule has 0 fully saturated rings. The molecule has 90 valence electrons. The van der Waals surface area contributed by atoms with Gasteiger partial charge in [0.15, 0.2) is 0 Å². The van der Waals surface area contributed by atoms with Gasteiger partial charge in [-0.05, 0) is 25.8 Å². The second-order valence-electron chi connectivity index (χ2n) is 3.89. The molecule has 1 rings (SSSR count). The summed E-state index contributed by atoms with van der Waals surface area (Å²) in [7, 11) is -3.14. The topological polar surface area (TPSA) is 46.2 Å². The summed E-state index contributed by atoms with van der Waals surface area (Å²) in [5.41, 5.74) is 2.20. The molecule has 0 saturated heterocycles. The maximum absolute atomic E-state index is 11.5. The Morgan fingerprint density at radius 3 is 2.19 bits per heavy atom. The lowest BCUT2D eigenvalue weighted by molar-refractivity contribution is 0.551. The minimum Gasteiger partial charge on any atom is -0.212 e. The van der Waals surface area contributed by atoms with Crippen LogP contribution in [0.25, 0.3) is 0 Å². The molecule has 1 aromatic carbocycles. The summed E-state index contributed by atoms with van der Waals surface area (Å²) in [5, 5.41) is 0. The molecule has 0 heterocycles. The summed E-state index contributed by atoms with van der Waals surface area (Å²) < 4.78 is 25.7. The number of rotatable bonds is 5. The van der Waals surface area contributed by atoms with Crippen LogP contribution in [0.15, 0.2) is 24.3 Å². The molecule has 0 aliphatic carbocycles. The van der Waals surface area contributed by atoms with E-state index in [0.717, 1.165) is 12.0 Å². The summed E-state index contributed by atoms with van der Waals surface area (Å²) >= 11 is 0. The SMILES string of the molecule is CCC(NS(=O)(=O)CC)c1ccc(C)cc1. The quantitative estimate of drug-likeness (QED) is 0.860. The fourth-order valence-electron chi connectivity index (χ4n) is 1.49. The molecule has 1 unspecified atom stereocenters. The second-order valence-corrected chi connectivity index (χ2v) is 5.94. The largest absolute Gasteiger partial charge is 0.212 e. The van der Waals surface area contributed by atoms with E-state index in [2.05, 4.69) is 4.72 Å². The zero-order valence-electron chi connectivity index (χ0n) is 10.0. The molecular formula is C12H19NO2S. The lowest BCUT2D eigenvalue weighted by atomic mass is 10.0. The van der Waals surface area contributed by atoms with Gasteiger partial charge in [0, 0.05) is 6.04 Å². The monoisotopic (exact) mass is 241 g/mol. The molecule has 3 nitrogen and oxygen atoms in total. The molecule has 0 bridgehead atoms. The predicted octanol–water partition coefficient (Wildman–Crippen LogP) is 2.39. The number of benzene rings is 1. The Morgan fingerprint density at radius 1 is 1.19 bits per heavy atom. The highest BCUT2D eigenvalue weighted by atomic mass is 32.2. The maximum Gasteiger partial charge on any atom is 0.211 e. The molecule has 0 aliphatic heterocycles. The Hall–Kier alpha value is -0.870. The summed E-state index contributed by atoms with van der Waals surface area (Å²) in [6.07, 6.45) is 0.752. The van der Waals surface area contributed by atoms with E-state index in [1.54, 1.807) is 6.92 Å². The van der Waals surface area contributed by atoms with Crippen LogP contribution in [0.1, 0.15) is 37.4 Å². The zero-order valence-corrected chi connectivity index (χ0v) is 10.8. The van der Waals surface area contributed by atoms with E-state index in [4.69, 9.17) is 0 Å². The maximum atomic E-state index is 11.5. The molecule has 0 aromatic heterocycles. The lowest BCUT2D eigenvalue weighted by Crippen LogP contribution is -2.29. The third kappa shape index (κ3) is 3.61. The van der Waals surface area contributed by atoms with Gasteiger partial charge >= 0.3 is 0 Å². The van der Waals surface area contributed by atoms with Gasteiger partial charge in [0.05, 0.1) is 5.75 Å². The Labute approximate surface area is 97.9 Å². The molecule has 1 N–H and O–H groups in total. The minimum absolute atomic E-state index is 0.120. The Kier molecular flexibility index (Phi) is 4.50. The third-order valence-electron chi connectivity index (χ3n) is 2.59. The van der Waals surface area contributed by atoms with Crippen LogP contribution in [0.2, 0.25) is 0 Å². The number of nitrogens with one attached hydrogen (secondary N) is 1. The van der Waals surface area contributed by atoms with Crippen LogP contribution in [0.5, 0.6) is 0 Å². The summed E-state index contributed by atoms with van der Waals surface area (Å²) in [6.45, 7) is 5.63. The van der Waals surface area contributed by atoms with Crippen molar-refractivity contribution in [2.75, 3.05) is 5.75 Å². The van der Waals surface area contributed by atoms with E-state index in [1.807, 2.05) is 38.1 Å². The first kappa shape index (κ1) is 13.2. The number of hydrogen-bond donors (Lipinski definition) is 1. The third-order valence-corrected chi connectivity index (χ3v) is 3.99. The van der Waals surface area contributed by atoms with Gasteiger partial charge in [0.25, 0.3) is 0 Å². The molecule has 0 radical (unpaired) electrons. The van der Waals surface area contributed by atoms with Crippen molar-refractivity contribution in [2.45, 2.75) is 33.2 Å². The molecule has 0 saturated carbocycles. The van der Waals surface area contributed by atoms with Crippen LogP contribution < -0.4 is 4.72 Å². The van der Waals surface area contributed by atoms with Crippen molar-refractivity contribution in [3.05, 3.63) is 35.4 Å². The van der Waals surface area contributed by atoms with E-state index in [-0.39, 0.29) is 11.8 Å². The predicted molar refractivity (Wildman–Crippen MR) is 66.8 cm³/mol. The summed E-state index contributed by atoms with van der Waals surface area (Å²) in [5.74, 6) is 0.120. The van der Waals surface area contributed by atoms with E-state index in [9.17, 15) is 8.42 Å².